The van der Waals surface area contributed by atoms with Crippen molar-refractivity contribution in [2.75, 3.05) is 7.05 Å². The van der Waals surface area contributed by atoms with Gasteiger partial charge in [0.2, 0.25) is 5.91 Å². The van der Waals surface area contributed by atoms with E-state index in [4.69, 9.17) is 0 Å². The molecule has 2 unspecified atom stereocenters. The average Bonchev–Trinajstić information content (AvgIpc) is 2.67. The SMILES string of the molecule is CC.CCC(=O)C(NC(=O)C(C)(C)CC(C)(C)CC(NC)C(C)=O)C(C)(C)CC(C)(C)CC(C)=O. The minimum Gasteiger partial charge on any atom is -0.345 e. The van der Waals surface area contributed by atoms with E-state index in [0.717, 1.165) is 0 Å². The van der Waals surface area contributed by atoms with Gasteiger partial charge in [-0.25, -0.2) is 0 Å². The molecule has 0 radical (unpaired) electrons. The van der Waals surface area contributed by atoms with Crippen LogP contribution in [-0.2, 0) is 19.2 Å². The van der Waals surface area contributed by atoms with Crippen molar-refractivity contribution in [1.82, 2.24) is 10.6 Å². The Labute approximate surface area is 216 Å². The molecular formula is C29H56N2O4. The Hall–Kier alpha value is -1.56. The molecule has 35 heavy (non-hydrogen) atoms. The summed E-state index contributed by atoms with van der Waals surface area (Å²) in [6, 6.07) is -0.887. The number of nitrogens with one attached hydrogen (secondary N) is 2. The molecule has 0 saturated carbocycles. The molecule has 0 aromatic carbocycles. The van der Waals surface area contributed by atoms with E-state index >= 15 is 0 Å². The number of hydrogen-bond donors (Lipinski definition) is 2. The smallest absolute Gasteiger partial charge is 0.226 e. The summed E-state index contributed by atoms with van der Waals surface area (Å²) < 4.78 is 0. The number of carbonyl (C=O) groups excluding carboxylic acids is 4. The molecule has 2 atom stereocenters. The minimum atomic E-state index is -0.726. The second kappa shape index (κ2) is 14.2. The lowest BCUT2D eigenvalue weighted by atomic mass is 9.67. The third-order valence-corrected chi connectivity index (χ3v) is 6.52. The molecule has 206 valence electrons. The number of amides is 1. The van der Waals surface area contributed by atoms with Crippen molar-refractivity contribution < 1.29 is 19.2 Å². The van der Waals surface area contributed by atoms with Crippen molar-refractivity contribution in [1.29, 1.82) is 0 Å². The average molecular weight is 497 g/mol. The fourth-order valence-corrected chi connectivity index (χ4v) is 5.66. The number of Topliss-reactive ketones (excluding diaryl/α,β-unsaturated/α-hetero) is 3. The zero-order valence-electron chi connectivity index (χ0n) is 25.3. The molecule has 0 bridgehead atoms. The molecule has 0 aliphatic rings. The van der Waals surface area contributed by atoms with Crippen LogP contribution in [0.5, 0.6) is 0 Å². The van der Waals surface area contributed by atoms with E-state index in [1.54, 1.807) is 20.9 Å². The molecule has 0 aromatic heterocycles. The molecular weight excluding hydrogens is 440 g/mol. The van der Waals surface area contributed by atoms with Crippen LogP contribution in [0, 0.1) is 21.7 Å². The van der Waals surface area contributed by atoms with Gasteiger partial charge in [0.1, 0.15) is 11.6 Å². The van der Waals surface area contributed by atoms with E-state index in [1.165, 1.54) is 0 Å². The van der Waals surface area contributed by atoms with E-state index in [0.29, 0.717) is 32.1 Å². The predicted molar refractivity (Wildman–Crippen MR) is 146 cm³/mol. The zero-order chi connectivity index (χ0) is 28.4. The largest absolute Gasteiger partial charge is 0.345 e. The van der Waals surface area contributed by atoms with Gasteiger partial charge >= 0.3 is 0 Å². The van der Waals surface area contributed by atoms with Crippen LogP contribution >= 0.6 is 0 Å². The van der Waals surface area contributed by atoms with Crippen molar-refractivity contribution in [3.8, 4) is 0 Å². The lowest BCUT2D eigenvalue weighted by molar-refractivity contribution is -0.137. The number of hydrogen-bond acceptors (Lipinski definition) is 5. The Bertz CT molecular complexity index is 720. The molecule has 0 saturated heterocycles. The minimum absolute atomic E-state index is 0.00568. The summed E-state index contributed by atoms with van der Waals surface area (Å²) in [7, 11) is 1.77. The Kier molecular flexibility index (Phi) is 14.5. The first kappa shape index (κ1) is 35.6. The first-order valence-electron chi connectivity index (χ1n) is 13.2. The highest BCUT2D eigenvalue weighted by Gasteiger charge is 2.43. The lowest BCUT2D eigenvalue weighted by Gasteiger charge is -2.42. The Morgan fingerprint density at radius 3 is 1.66 bits per heavy atom. The van der Waals surface area contributed by atoms with Crippen molar-refractivity contribution in [2.24, 2.45) is 21.7 Å². The summed E-state index contributed by atoms with van der Waals surface area (Å²) in [5.41, 5.74) is -1.78. The predicted octanol–water partition coefficient (Wildman–Crippen LogP) is 5.91. The van der Waals surface area contributed by atoms with Crippen LogP contribution in [0.25, 0.3) is 0 Å². The van der Waals surface area contributed by atoms with Crippen molar-refractivity contribution in [2.45, 2.75) is 134 Å². The van der Waals surface area contributed by atoms with Gasteiger partial charge in [0, 0.05) is 18.3 Å². The van der Waals surface area contributed by atoms with Gasteiger partial charge in [0.25, 0.3) is 0 Å². The van der Waals surface area contributed by atoms with Gasteiger partial charge in [-0.05, 0) is 56.4 Å². The standard InChI is InChI=1S/C27H50N2O4.C2H6/c1-13-21(32)22(26(8,9)16-24(4,5)14-18(2)30)29-23(33)27(10,11)17-25(6,7)15-20(28-12)19(3)31;1-2/h20,22,28H,13-17H2,1-12H3,(H,29,33);1-2H3. The van der Waals surface area contributed by atoms with Gasteiger partial charge < -0.3 is 15.4 Å². The van der Waals surface area contributed by atoms with Crippen LogP contribution in [0.2, 0.25) is 0 Å². The van der Waals surface area contributed by atoms with Crippen LogP contribution < -0.4 is 10.6 Å². The van der Waals surface area contributed by atoms with Gasteiger partial charge in [-0.1, -0.05) is 76.2 Å². The van der Waals surface area contributed by atoms with E-state index in [9.17, 15) is 19.2 Å². The highest BCUT2D eigenvalue weighted by Crippen LogP contribution is 2.41. The summed E-state index contributed by atoms with van der Waals surface area (Å²) in [6.45, 7) is 25.0. The van der Waals surface area contributed by atoms with Gasteiger partial charge in [0.15, 0.2) is 5.78 Å². The lowest BCUT2D eigenvalue weighted by Crippen LogP contribution is -2.55. The van der Waals surface area contributed by atoms with Gasteiger partial charge in [-0.2, -0.15) is 0 Å². The second-order valence-corrected chi connectivity index (χ2v) is 12.8. The van der Waals surface area contributed by atoms with Crippen LogP contribution in [-0.4, -0.2) is 42.4 Å². The fraction of sp³-hybridized carbons (Fsp3) is 0.862. The van der Waals surface area contributed by atoms with E-state index < -0.39 is 16.9 Å². The molecule has 0 aliphatic carbocycles. The molecule has 0 aromatic rings. The van der Waals surface area contributed by atoms with Crippen LogP contribution in [0.1, 0.15) is 122 Å². The summed E-state index contributed by atoms with van der Waals surface area (Å²) in [5, 5.41) is 6.14. The molecule has 2 N–H and O–H groups in total. The topological polar surface area (TPSA) is 92.3 Å². The van der Waals surface area contributed by atoms with Crippen LogP contribution in [0.4, 0.5) is 0 Å². The molecule has 0 heterocycles. The molecule has 0 spiro atoms. The monoisotopic (exact) mass is 496 g/mol. The quantitative estimate of drug-likeness (QED) is 0.294. The fourth-order valence-electron chi connectivity index (χ4n) is 5.66. The number of ketones is 3. The van der Waals surface area contributed by atoms with E-state index in [2.05, 4.69) is 24.5 Å². The van der Waals surface area contributed by atoms with Crippen molar-refractivity contribution in [3.63, 3.8) is 0 Å². The number of carbonyl (C=O) groups is 4. The maximum absolute atomic E-state index is 13.5. The summed E-state index contributed by atoms with van der Waals surface area (Å²) in [5.74, 6) is 0.0286. The Morgan fingerprint density at radius 2 is 1.29 bits per heavy atom. The highest BCUT2D eigenvalue weighted by atomic mass is 16.2. The maximum atomic E-state index is 13.5. The van der Waals surface area contributed by atoms with Crippen molar-refractivity contribution >= 4 is 23.3 Å². The summed E-state index contributed by atoms with van der Waals surface area (Å²) in [6.07, 6.45) is 2.58. The van der Waals surface area contributed by atoms with Gasteiger partial charge in [-0.15, -0.1) is 0 Å². The van der Waals surface area contributed by atoms with Gasteiger partial charge in [0.05, 0.1) is 12.1 Å². The Morgan fingerprint density at radius 1 is 0.800 bits per heavy atom. The number of likely N-dealkylation sites (N-methyl/N-ethyl adjacent to an activating group) is 1. The third kappa shape index (κ3) is 12.8. The second-order valence-electron chi connectivity index (χ2n) is 12.8. The normalized spacial score (nSPS) is 14.3. The Balaban J connectivity index is 0. The van der Waals surface area contributed by atoms with E-state index in [-0.39, 0.29) is 40.1 Å². The first-order chi connectivity index (χ1) is 15.7. The number of rotatable bonds is 15. The molecule has 6 nitrogen and oxygen atoms in total. The summed E-state index contributed by atoms with van der Waals surface area (Å²) >= 11 is 0. The van der Waals surface area contributed by atoms with Crippen molar-refractivity contribution in [3.05, 3.63) is 0 Å². The molecule has 6 heteroatoms. The third-order valence-electron chi connectivity index (χ3n) is 6.52. The van der Waals surface area contributed by atoms with E-state index in [1.807, 2.05) is 62.3 Å². The molecule has 0 aliphatic heterocycles. The van der Waals surface area contributed by atoms with Crippen LogP contribution in [0.15, 0.2) is 0 Å². The molecule has 0 fully saturated rings. The molecule has 1 amide bonds. The highest BCUT2D eigenvalue weighted by molar-refractivity contribution is 5.91. The summed E-state index contributed by atoms with van der Waals surface area (Å²) in [4.78, 5) is 50.0. The zero-order valence-corrected chi connectivity index (χ0v) is 25.3. The van der Waals surface area contributed by atoms with Crippen LogP contribution in [0.3, 0.4) is 0 Å². The van der Waals surface area contributed by atoms with Gasteiger partial charge in [-0.3, -0.25) is 14.4 Å². The maximum Gasteiger partial charge on any atom is 0.226 e. The molecule has 0 rings (SSSR count). The first-order valence-corrected chi connectivity index (χ1v) is 13.2.